The lowest BCUT2D eigenvalue weighted by Crippen LogP contribution is -2.30. The average molecular weight is 461 g/mol. The maximum absolute atomic E-state index is 14.5. The predicted molar refractivity (Wildman–Crippen MR) is 112 cm³/mol. The number of hydrogen-bond donors (Lipinski definition) is 1. The fourth-order valence-corrected chi connectivity index (χ4v) is 3.26. The van der Waals surface area contributed by atoms with Crippen LogP contribution in [0.2, 0.25) is 0 Å². The third-order valence-corrected chi connectivity index (χ3v) is 5.15. The van der Waals surface area contributed by atoms with Gasteiger partial charge >= 0.3 is 12.3 Å². The molecule has 1 N–H and O–H groups in total. The van der Waals surface area contributed by atoms with E-state index >= 15 is 0 Å². The Morgan fingerprint density at radius 2 is 1.91 bits per heavy atom. The number of pyridine rings is 1. The first kappa shape index (κ1) is 22.4. The number of nitrogens with one attached hydrogen (secondary N) is 1. The fourth-order valence-electron chi connectivity index (χ4n) is 3.26. The van der Waals surface area contributed by atoms with Crippen LogP contribution in [-0.4, -0.2) is 35.7 Å². The van der Waals surface area contributed by atoms with Gasteiger partial charge in [-0.2, -0.15) is 13.2 Å². The molecular formula is C23H19F4N3O3. The van der Waals surface area contributed by atoms with E-state index in [2.05, 4.69) is 10.3 Å². The van der Waals surface area contributed by atoms with Gasteiger partial charge in [-0.3, -0.25) is 0 Å². The zero-order valence-electron chi connectivity index (χ0n) is 17.4. The number of hydrogen-bond acceptors (Lipinski definition) is 5. The number of nitrogens with zero attached hydrogens (tertiary/aromatic N) is 2. The highest BCUT2D eigenvalue weighted by Crippen LogP contribution is 2.31. The Hall–Kier alpha value is -3.82. The third kappa shape index (κ3) is 5.33. The van der Waals surface area contributed by atoms with Gasteiger partial charge in [-0.25, -0.2) is 14.2 Å². The molecule has 3 aromatic rings. The van der Waals surface area contributed by atoms with Gasteiger partial charge < -0.3 is 19.7 Å². The smallest absolute Gasteiger partial charge is 0.417 e. The Balaban J connectivity index is 1.37. The number of amides is 1. The molecule has 1 fully saturated rings. The number of carbonyl (C=O) groups is 1. The molecule has 0 unspecified atom stereocenters. The summed E-state index contributed by atoms with van der Waals surface area (Å²) in [5.41, 5.74) is 0.410. The molecule has 0 bridgehead atoms. The number of ether oxygens (including phenoxy) is 2. The van der Waals surface area contributed by atoms with E-state index in [9.17, 15) is 22.4 Å². The Labute approximate surface area is 186 Å². The molecule has 2 heterocycles. The van der Waals surface area contributed by atoms with Crippen molar-refractivity contribution in [2.24, 2.45) is 0 Å². The van der Waals surface area contributed by atoms with Crippen molar-refractivity contribution in [1.82, 2.24) is 9.88 Å². The van der Waals surface area contributed by atoms with E-state index in [0.29, 0.717) is 30.7 Å². The Morgan fingerprint density at radius 3 is 2.48 bits per heavy atom. The minimum absolute atomic E-state index is 0.0109. The Kier molecular flexibility index (Phi) is 6.08. The van der Waals surface area contributed by atoms with Crippen LogP contribution in [0.5, 0.6) is 11.5 Å². The highest BCUT2D eigenvalue weighted by Gasteiger charge is 2.31. The number of cyclic esters (lactones) is 1. The molecule has 10 heteroatoms. The van der Waals surface area contributed by atoms with Crippen LogP contribution >= 0.6 is 0 Å². The van der Waals surface area contributed by atoms with Gasteiger partial charge in [0.25, 0.3) is 0 Å². The van der Waals surface area contributed by atoms with Crippen molar-refractivity contribution in [3.8, 4) is 11.5 Å². The monoisotopic (exact) mass is 461 g/mol. The number of likely N-dealkylation sites (N-methyl/N-ethyl adjacent to an activating group) is 1. The van der Waals surface area contributed by atoms with Gasteiger partial charge in [0.15, 0.2) is 11.6 Å². The number of benzene rings is 2. The van der Waals surface area contributed by atoms with Crippen molar-refractivity contribution >= 4 is 17.6 Å². The van der Waals surface area contributed by atoms with E-state index in [4.69, 9.17) is 9.47 Å². The van der Waals surface area contributed by atoms with Crippen molar-refractivity contribution in [2.45, 2.75) is 18.6 Å². The Bertz CT molecular complexity index is 1140. The SMILES string of the molecule is CN1C(=O)OC[C@@H]1Cc1ccc(Oc2ccc(Nc3ccc(C(F)(F)F)cn3)cc2F)cc1. The first-order chi connectivity index (χ1) is 15.7. The molecule has 1 atom stereocenters. The number of alkyl halides is 3. The van der Waals surface area contributed by atoms with E-state index in [1.807, 2.05) is 12.1 Å². The van der Waals surface area contributed by atoms with Gasteiger partial charge in [0.05, 0.1) is 11.6 Å². The summed E-state index contributed by atoms with van der Waals surface area (Å²) in [6, 6.07) is 13.2. The lowest BCUT2D eigenvalue weighted by atomic mass is 10.1. The summed E-state index contributed by atoms with van der Waals surface area (Å²) in [5, 5.41) is 2.75. The van der Waals surface area contributed by atoms with E-state index in [0.717, 1.165) is 23.8 Å². The van der Waals surface area contributed by atoms with Crippen LogP contribution in [0.25, 0.3) is 0 Å². The molecule has 6 nitrogen and oxygen atoms in total. The molecule has 0 saturated carbocycles. The first-order valence-electron chi connectivity index (χ1n) is 9.95. The van der Waals surface area contributed by atoms with Gasteiger partial charge in [0.2, 0.25) is 0 Å². The summed E-state index contributed by atoms with van der Waals surface area (Å²) in [6.07, 6.45) is -3.50. The highest BCUT2D eigenvalue weighted by atomic mass is 19.4. The molecule has 1 aromatic heterocycles. The minimum Gasteiger partial charge on any atom is -0.454 e. The van der Waals surface area contributed by atoms with Crippen LogP contribution in [0.3, 0.4) is 0 Å². The maximum Gasteiger partial charge on any atom is 0.417 e. The summed E-state index contributed by atoms with van der Waals surface area (Å²) in [7, 11) is 1.69. The van der Waals surface area contributed by atoms with Crippen LogP contribution in [0.4, 0.5) is 33.9 Å². The molecule has 33 heavy (non-hydrogen) atoms. The van der Waals surface area contributed by atoms with Crippen LogP contribution in [0, 0.1) is 5.82 Å². The van der Waals surface area contributed by atoms with E-state index in [1.165, 1.54) is 12.1 Å². The second-order valence-electron chi connectivity index (χ2n) is 7.49. The first-order valence-corrected chi connectivity index (χ1v) is 9.95. The number of rotatable bonds is 6. The molecule has 1 saturated heterocycles. The zero-order valence-corrected chi connectivity index (χ0v) is 17.4. The predicted octanol–water partition coefficient (Wildman–Crippen LogP) is 5.77. The summed E-state index contributed by atoms with van der Waals surface area (Å²) in [6.45, 7) is 0.334. The number of aromatic nitrogens is 1. The van der Waals surface area contributed by atoms with Crippen molar-refractivity contribution < 1.29 is 31.8 Å². The van der Waals surface area contributed by atoms with Crippen LogP contribution in [-0.2, 0) is 17.3 Å². The second kappa shape index (κ2) is 8.97. The molecule has 0 spiro atoms. The molecule has 0 radical (unpaired) electrons. The molecule has 2 aromatic carbocycles. The van der Waals surface area contributed by atoms with Crippen molar-refractivity contribution in [1.29, 1.82) is 0 Å². The van der Waals surface area contributed by atoms with Crippen molar-refractivity contribution in [2.75, 3.05) is 19.0 Å². The minimum atomic E-state index is -4.48. The molecular weight excluding hydrogens is 442 g/mol. The number of anilines is 2. The largest absolute Gasteiger partial charge is 0.454 e. The van der Waals surface area contributed by atoms with Gasteiger partial charge in [-0.15, -0.1) is 0 Å². The zero-order chi connectivity index (χ0) is 23.6. The lowest BCUT2D eigenvalue weighted by molar-refractivity contribution is -0.137. The number of halogens is 4. The van der Waals surface area contributed by atoms with Gasteiger partial charge in [0, 0.05) is 25.0 Å². The summed E-state index contributed by atoms with van der Waals surface area (Å²) in [5.74, 6) is -0.0936. The van der Waals surface area contributed by atoms with E-state index in [1.54, 1.807) is 24.1 Å². The molecule has 1 amide bonds. The van der Waals surface area contributed by atoms with Crippen LogP contribution < -0.4 is 10.1 Å². The van der Waals surface area contributed by atoms with Crippen LogP contribution in [0.15, 0.2) is 60.8 Å². The summed E-state index contributed by atoms with van der Waals surface area (Å²) in [4.78, 5) is 16.7. The summed E-state index contributed by atoms with van der Waals surface area (Å²) >= 11 is 0. The maximum atomic E-state index is 14.5. The quantitative estimate of drug-likeness (QED) is 0.473. The van der Waals surface area contributed by atoms with Crippen LogP contribution in [0.1, 0.15) is 11.1 Å². The average Bonchev–Trinajstić information content (AvgIpc) is 3.09. The van der Waals surface area contributed by atoms with Crippen molar-refractivity contribution in [3.63, 3.8) is 0 Å². The van der Waals surface area contributed by atoms with Gasteiger partial charge in [-0.1, -0.05) is 12.1 Å². The van der Waals surface area contributed by atoms with Gasteiger partial charge in [-0.05, 0) is 48.4 Å². The van der Waals surface area contributed by atoms with E-state index < -0.39 is 17.6 Å². The molecule has 1 aliphatic rings. The highest BCUT2D eigenvalue weighted by molar-refractivity contribution is 5.69. The summed E-state index contributed by atoms with van der Waals surface area (Å²) < 4.78 is 63.0. The lowest BCUT2D eigenvalue weighted by Gasteiger charge is -2.16. The molecule has 0 aliphatic carbocycles. The molecule has 172 valence electrons. The molecule has 1 aliphatic heterocycles. The normalized spacial score (nSPS) is 16.0. The second-order valence-corrected chi connectivity index (χ2v) is 7.49. The standard InChI is InChI=1S/C23H19F4N3O3/c1-30-17(13-32-22(30)31)10-14-2-6-18(7-3-14)33-20-8-5-16(11-19(20)24)29-21-9-4-15(12-28-21)23(25,26)27/h2-9,11-12,17H,10,13H2,1H3,(H,28,29)/t17-/m0/s1. The molecule has 4 rings (SSSR count). The fraction of sp³-hybridized carbons (Fsp3) is 0.217. The van der Waals surface area contributed by atoms with Gasteiger partial charge in [0.1, 0.15) is 18.2 Å². The van der Waals surface area contributed by atoms with E-state index in [-0.39, 0.29) is 23.7 Å². The Morgan fingerprint density at radius 1 is 1.15 bits per heavy atom. The number of carbonyl (C=O) groups excluding carboxylic acids is 1. The van der Waals surface area contributed by atoms with Crippen molar-refractivity contribution in [3.05, 3.63) is 77.7 Å². The third-order valence-electron chi connectivity index (χ3n) is 5.15. The topological polar surface area (TPSA) is 63.7 Å².